The molecule has 1 fully saturated rings. The van der Waals surface area contributed by atoms with E-state index in [9.17, 15) is 0 Å². The third-order valence-electron chi connectivity index (χ3n) is 6.94. The normalized spacial score (nSPS) is 21.9. The average Bonchev–Trinajstić information content (AvgIpc) is 3.29. The SMILES string of the molecule is COC1=CC(N2CCC(N(C)C)CC2)=C(N)CC1(N)c1nccc(-c2noc3ccccc23)n1. The largest absolute Gasteiger partial charge is 0.499 e. The number of rotatable bonds is 5. The highest BCUT2D eigenvalue weighted by atomic mass is 16.5. The summed E-state index contributed by atoms with van der Waals surface area (Å²) in [5.74, 6) is 1.02. The summed E-state index contributed by atoms with van der Waals surface area (Å²) in [6, 6.07) is 10.1. The molecule has 9 heteroatoms. The van der Waals surface area contributed by atoms with Crippen LogP contribution in [0.5, 0.6) is 0 Å². The topological polar surface area (TPSA) is 120 Å². The van der Waals surface area contributed by atoms with Crippen molar-refractivity contribution in [2.24, 2.45) is 11.5 Å². The van der Waals surface area contributed by atoms with Crippen LogP contribution in [0, 0.1) is 0 Å². The first-order valence-corrected chi connectivity index (χ1v) is 11.5. The molecule has 1 aliphatic carbocycles. The number of benzene rings is 1. The van der Waals surface area contributed by atoms with E-state index in [2.05, 4.69) is 34.0 Å². The van der Waals surface area contributed by atoms with E-state index in [1.807, 2.05) is 30.3 Å². The Balaban J connectivity index is 1.46. The maximum Gasteiger partial charge on any atom is 0.167 e. The Morgan fingerprint density at radius 3 is 2.68 bits per heavy atom. The molecule has 34 heavy (non-hydrogen) atoms. The maximum absolute atomic E-state index is 6.91. The monoisotopic (exact) mass is 461 g/mol. The molecule has 1 atom stereocenters. The third kappa shape index (κ3) is 3.80. The van der Waals surface area contributed by atoms with E-state index in [0.29, 0.717) is 46.7 Å². The number of likely N-dealkylation sites (tertiary alicyclic amines) is 1. The van der Waals surface area contributed by atoms with Crippen molar-refractivity contribution >= 4 is 11.0 Å². The van der Waals surface area contributed by atoms with Crippen LogP contribution in [0.1, 0.15) is 25.1 Å². The van der Waals surface area contributed by atoms with Crippen LogP contribution < -0.4 is 11.5 Å². The molecule has 0 spiro atoms. The first-order valence-electron chi connectivity index (χ1n) is 11.5. The number of fused-ring (bicyclic) bond motifs is 1. The molecule has 5 rings (SSSR count). The van der Waals surface area contributed by atoms with Gasteiger partial charge in [-0.2, -0.15) is 0 Å². The number of nitrogens with two attached hydrogens (primary N) is 2. The summed E-state index contributed by atoms with van der Waals surface area (Å²) in [5, 5.41) is 5.11. The van der Waals surface area contributed by atoms with Gasteiger partial charge in [-0.25, -0.2) is 9.97 Å². The summed E-state index contributed by atoms with van der Waals surface area (Å²) in [7, 11) is 5.90. The van der Waals surface area contributed by atoms with E-state index in [1.54, 1.807) is 19.4 Å². The molecule has 9 nitrogen and oxygen atoms in total. The fourth-order valence-electron chi connectivity index (χ4n) is 4.95. The summed E-state index contributed by atoms with van der Waals surface area (Å²) in [5.41, 5.74) is 16.1. The van der Waals surface area contributed by atoms with Gasteiger partial charge in [-0.3, -0.25) is 0 Å². The Morgan fingerprint density at radius 1 is 1.18 bits per heavy atom. The van der Waals surface area contributed by atoms with Gasteiger partial charge in [-0.1, -0.05) is 17.3 Å². The zero-order valence-electron chi connectivity index (χ0n) is 19.9. The summed E-state index contributed by atoms with van der Waals surface area (Å²) in [6.07, 6.45) is 6.18. The standard InChI is InChI=1S/C25H31N7O2/c1-31(2)16-9-12-32(13-10-16)20-14-22(33-3)25(27,15-18(20)26)24-28-11-8-19(29-24)23-17-6-4-5-7-21(17)34-30-23/h4-8,11,14,16H,9-10,12-13,15,26-27H2,1-3H3. The molecule has 1 aliphatic heterocycles. The van der Waals surface area contributed by atoms with Crippen molar-refractivity contribution in [3.05, 3.63) is 65.6 Å². The third-order valence-corrected chi connectivity index (χ3v) is 6.94. The van der Waals surface area contributed by atoms with Gasteiger partial charge in [-0.15, -0.1) is 0 Å². The molecule has 2 aromatic heterocycles. The zero-order valence-corrected chi connectivity index (χ0v) is 19.9. The second kappa shape index (κ2) is 8.73. The molecule has 0 saturated carbocycles. The summed E-state index contributed by atoms with van der Waals surface area (Å²) >= 11 is 0. The van der Waals surface area contributed by atoms with E-state index in [-0.39, 0.29) is 0 Å². The van der Waals surface area contributed by atoms with Crippen LogP contribution in [0.4, 0.5) is 0 Å². The molecular formula is C25H31N7O2. The second-order valence-electron chi connectivity index (χ2n) is 9.25. The van der Waals surface area contributed by atoms with Gasteiger partial charge in [0.1, 0.15) is 17.0 Å². The molecule has 2 aliphatic rings. The molecule has 3 aromatic rings. The van der Waals surface area contributed by atoms with Gasteiger partial charge in [-0.05, 0) is 45.1 Å². The minimum atomic E-state index is -1.08. The number of nitrogens with zero attached hydrogens (tertiary/aromatic N) is 5. The maximum atomic E-state index is 6.91. The van der Waals surface area contributed by atoms with Gasteiger partial charge >= 0.3 is 0 Å². The van der Waals surface area contributed by atoms with Crippen LogP contribution in [0.3, 0.4) is 0 Å². The first kappa shape index (κ1) is 22.4. The van der Waals surface area contributed by atoms with Crippen molar-refractivity contribution < 1.29 is 9.26 Å². The number of ether oxygens (including phenoxy) is 1. The van der Waals surface area contributed by atoms with Crippen molar-refractivity contribution in [3.63, 3.8) is 0 Å². The number of hydrogen-bond donors (Lipinski definition) is 2. The van der Waals surface area contributed by atoms with Crippen molar-refractivity contribution in [1.29, 1.82) is 0 Å². The molecule has 1 saturated heterocycles. The Bertz CT molecular complexity index is 1260. The van der Waals surface area contributed by atoms with E-state index in [1.165, 1.54) is 0 Å². The van der Waals surface area contributed by atoms with Gasteiger partial charge in [0.2, 0.25) is 0 Å². The van der Waals surface area contributed by atoms with Crippen LogP contribution in [-0.4, -0.2) is 65.3 Å². The summed E-state index contributed by atoms with van der Waals surface area (Å²) in [4.78, 5) is 13.9. The highest BCUT2D eigenvalue weighted by Crippen LogP contribution is 2.38. The summed E-state index contributed by atoms with van der Waals surface area (Å²) in [6.45, 7) is 1.88. The lowest BCUT2D eigenvalue weighted by atomic mass is 9.85. The van der Waals surface area contributed by atoms with Crippen LogP contribution >= 0.6 is 0 Å². The number of hydrogen-bond acceptors (Lipinski definition) is 9. The van der Waals surface area contributed by atoms with Gasteiger partial charge in [0, 0.05) is 43.5 Å². The molecule has 1 unspecified atom stereocenters. The zero-order chi connectivity index (χ0) is 23.9. The van der Waals surface area contributed by atoms with Gasteiger partial charge in [0.05, 0.1) is 23.9 Å². The fourth-order valence-corrected chi connectivity index (χ4v) is 4.95. The fraction of sp³-hybridized carbons (Fsp3) is 0.400. The van der Waals surface area contributed by atoms with Crippen molar-refractivity contribution in [3.8, 4) is 11.4 Å². The van der Waals surface area contributed by atoms with E-state index in [4.69, 9.17) is 25.7 Å². The number of methoxy groups -OCH3 is 1. The first-order chi connectivity index (χ1) is 16.4. The quantitative estimate of drug-likeness (QED) is 0.591. The molecule has 0 radical (unpaired) electrons. The number of allylic oxidation sites excluding steroid dienone is 1. The van der Waals surface area contributed by atoms with Crippen molar-refractivity contribution in [2.75, 3.05) is 34.3 Å². The minimum Gasteiger partial charge on any atom is -0.499 e. The number of piperidine rings is 1. The van der Waals surface area contributed by atoms with E-state index < -0.39 is 5.54 Å². The molecule has 0 bridgehead atoms. The lowest BCUT2D eigenvalue weighted by molar-refractivity contribution is 0.165. The van der Waals surface area contributed by atoms with Crippen LogP contribution in [0.2, 0.25) is 0 Å². The smallest absolute Gasteiger partial charge is 0.167 e. The highest BCUT2D eigenvalue weighted by molar-refractivity contribution is 5.90. The van der Waals surface area contributed by atoms with Crippen molar-refractivity contribution in [2.45, 2.75) is 30.8 Å². The molecule has 3 heterocycles. The van der Waals surface area contributed by atoms with E-state index >= 15 is 0 Å². The van der Waals surface area contributed by atoms with Gasteiger partial charge in [0.25, 0.3) is 0 Å². The Hall–Kier alpha value is -3.43. The Morgan fingerprint density at radius 2 is 1.94 bits per heavy atom. The van der Waals surface area contributed by atoms with Crippen molar-refractivity contribution in [1.82, 2.24) is 24.9 Å². The van der Waals surface area contributed by atoms with Gasteiger partial charge < -0.3 is 30.5 Å². The second-order valence-corrected chi connectivity index (χ2v) is 9.25. The number of para-hydroxylation sites is 1. The predicted octanol–water partition coefficient (Wildman–Crippen LogP) is 2.57. The minimum absolute atomic E-state index is 0.360. The average molecular weight is 462 g/mol. The molecule has 4 N–H and O–H groups in total. The van der Waals surface area contributed by atoms with Crippen LogP contribution in [-0.2, 0) is 10.3 Å². The van der Waals surface area contributed by atoms with Crippen LogP contribution in [0.25, 0.3) is 22.4 Å². The molecule has 1 aromatic carbocycles. The Labute approximate surface area is 199 Å². The molecular weight excluding hydrogens is 430 g/mol. The summed E-state index contributed by atoms with van der Waals surface area (Å²) < 4.78 is 11.3. The van der Waals surface area contributed by atoms with Crippen LogP contribution in [0.15, 0.2) is 64.3 Å². The van der Waals surface area contributed by atoms with Gasteiger partial charge in [0.15, 0.2) is 11.4 Å². The molecule has 178 valence electrons. The van der Waals surface area contributed by atoms with E-state index in [0.717, 1.165) is 37.0 Å². The lowest BCUT2D eigenvalue weighted by Crippen LogP contribution is -2.47. The predicted molar refractivity (Wildman–Crippen MR) is 130 cm³/mol. The lowest BCUT2D eigenvalue weighted by Gasteiger charge is -2.40. The number of aromatic nitrogens is 3. The Kier molecular flexibility index (Phi) is 5.75. The highest BCUT2D eigenvalue weighted by Gasteiger charge is 2.41. The molecule has 0 amide bonds.